The van der Waals surface area contributed by atoms with Crippen molar-refractivity contribution in [2.24, 2.45) is 11.3 Å². The predicted octanol–water partition coefficient (Wildman–Crippen LogP) is 2.27. The maximum Gasteiger partial charge on any atom is 0.0684 e. The van der Waals surface area contributed by atoms with Crippen LogP contribution in [0.5, 0.6) is 0 Å². The average Bonchev–Trinajstić information content (AvgIpc) is 2.91. The summed E-state index contributed by atoms with van der Waals surface area (Å²) in [4.78, 5) is 2.61. The van der Waals surface area contributed by atoms with Crippen molar-refractivity contribution in [3.05, 3.63) is 0 Å². The summed E-state index contributed by atoms with van der Waals surface area (Å²) in [7, 11) is 0. The topological polar surface area (TPSA) is 24.5 Å². The SMILES string of the molecule is CC1(C)C(NCCCN2CCCC2)C2CCCOC21. The van der Waals surface area contributed by atoms with Gasteiger partial charge in [0.05, 0.1) is 6.10 Å². The average molecular weight is 266 g/mol. The predicted molar refractivity (Wildman–Crippen MR) is 78.3 cm³/mol. The van der Waals surface area contributed by atoms with E-state index in [4.69, 9.17) is 4.74 Å². The van der Waals surface area contributed by atoms with Crippen LogP contribution in [-0.2, 0) is 4.74 Å². The van der Waals surface area contributed by atoms with Gasteiger partial charge in [0, 0.05) is 24.0 Å². The Kier molecular flexibility index (Phi) is 4.16. The normalized spacial score (nSPS) is 37.9. The van der Waals surface area contributed by atoms with Crippen LogP contribution in [0, 0.1) is 11.3 Å². The molecule has 3 aliphatic rings. The van der Waals surface area contributed by atoms with Crippen molar-refractivity contribution in [3.63, 3.8) is 0 Å². The maximum absolute atomic E-state index is 5.96. The Morgan fingerprint density at radius 3 is 2.79 bits per heavy atom. The molecule has 0 aromatic carbocycles. The minimum absolute atomic E-state index is 0.332. The largest absolute Gasteiger partial charge is 0.377 e. The van der Waals surface area contributed by atoms with Gasteiger partial charge in [-0.1, -0.05) is 13.8 Å². The van der Waals surface area contributed by atoms with Crippen molar-refractivity contribution in [1.29, 1.82) is 0 Å². The van der Waals surface area contributed by atoms with Gasteiger partial charge in [-0.3, -0.25) is 0 Å². The Morgan fingerprint density at radius 2 is 2.00 bits per heavy atom. The zero-order valence-corrected chi connectivity index (χ0v) is 12.7. The fraction of sp³-hybridized carbons (Fsp3) is 1.00. The summed E-state index contributed by atoms with van der Waals surface area (Å²) in [6, 6.07) is 0.677. The van der Waals surface area contributed by atoms with Gasteiger partial charge in [0.15, 0.2) is 0 Å². The van der Waals surface area contributed by atoms with E-state index in [1.807, 2.05) is 0 Å². The fourth-order valence-electron chi connectivity index (χ4n) is 4.50. The van der Waals surface area contributed by atoms with Gasteiger partial charge in [-0.15, -0.1) is 0 Å². The van der Waals surface area contributed by atoms with Crippen LogP contribution >= 0.6 is 0 Å². The van der Waals surface area contributed by atoms with E-state index in [2.05, 4.69) is 24.1 Å². The number of ether oxygens (including phenoxy) is 1. The molecule has 0 bridgehead atoms. The highest BCUT2D eigenvalue weighted by Crippen LogP contribution is 2.51. The summed E-state index contributed by atoms with van der Waals surface area (Å²) in [5.74, 6) is 0.774. The minimum Gasteiger partial charge on any atom is -0.377 e. The second kappa shape index (κ2) is 5.71. The third-order valence-corrected chi connectivity index (χ3v) is 5.55. The molecular formula is C16H30N2O. The lowest BCUT2D eigenvalue weighted by Gasteiger charge is -2.60. The molecule has 0 radical (unpaired) electrons. The lowest BCUT2D eigenvalue weighted by Crippen LogP contribution is -2.69. The fourth-order valence-corrected chi connectivity index (χ4v) is 4.50. The van der Waals surface area contributed by atoms with Crippen LogP contribution in [0.15, 0.2) is 0 Å². The summed E-state index contributed by atoms with van der Waals surface area (Å²) in [5.41, 5.74) is 0.332. The molecule has 1 aliphatic carbocycles. The molecule has 0 amide bonds. The smallest absolute Gasteiger partial charge is 0.0684 e. The van der Waals surface area contributed by atoms with Gasteiger partial charge in [0.2, 0.25) is 0 Å². The molecule has 3 nitrogen and oxygen atoms in total. The van der Waals surface area contributed by atoms with Crippen molar-refractivity contribution in [1.82, 2.24) is 10.2 Å². The van der Waals surface area contributed by atoms with Crippen LogP contribution < -0.4 is 5.32 Å². The Hall–Kier alpha value is -0.120. The van der Waals surface area contributed by atoms with Crippen molar-refractivity contribution in [2.45, 2.75) is 58.1 Å². The number of hydrogen-bond acceptors (Lipinski definition) is 3. The van der Waals surface area contributed by atoms with Gasteiger partial charge in [-0.25, -0.2) is 0 Å². The van der Waals surface area contributed by atoms with Gasteiger partial charge < -0.3 is 15.0 Å². The van der Waals surface area contributed by atoms with Crippen LogP contribution in [0.3, 0.4) is 0 Å². The Morgan fingerprint density at radius 1 is 1.21 bits per heavy atom. The molecular weight excluding hydrogens is 236 g/mol. The monoisotopic (exact) mass is 266 g/mol. The molecule has 0 spiro atoms. The highest BCUT2D eigenvalue weighted by Gasteiger charge is 2.57. The molecule has 3 heteroatoms. The van der Waals surface area contributed by atoms with Crippen LogP contribution in [0.4, 0.5) is 0 Å². The van der Waals surface area contributed by atoms with Gasteiger partial charge in [0.25, 0.3) is 0 Å². The Bertz CT molecular complexity index is 299. The van der Waals surface area contributed by atoms with Gasteiger partial charge in [-0.05, 0) is 58.3 Å². The molecule has 19 heavy (non-hydrogen) atoms. The summed E-state index contributed by atoms with van der Waals surface area (Å²) in [6.45, 7) is 10.8. The molecule has 2 aliphatic heterocycles. The minimum atomic E-state index is 0.332. The molecule has 2 saturated heterocycles. The quantitative estimate of drug-likeness (QED) is 0.773. The van der Waals surface area contributed by atoms with Crippen molar-refractivity contribution in [2.75, 3.05) is 32.8 Å². The molecule has 3 rings (SSSR count). The molecule has 110 valence electrons. The van der Waals surface area contributed by atoms with Crippen molar-refractivity contribution in [3.8, 4) is 0 Å². The summed E-state index contributed by atoms with van der Waals surface area (Å²) >= 11 is 0. The van der Waals surface area contributed by atoms with Gasteiger partial charge in [-0.2, -0.15) is 0 Å². The number of nitrogens with zero attached hydrogens (tertiary/aromatic N) is 1. The van der Waals surface area contributed by atoms with E-state index in [1.54, 1.807) is 0 Å². The first-order valence-corrected chi connectivity index (χ1v) is 8.27. The Balaban J connectivity index is 1.39. The first kappa shape index (κ1) is 13.8. The molecule has 0 aromatic rings. The van der Waals surface area contributed by atoms with Crippen LogP contribution in [0.25, 0.3) is 0 Å². The van der Waals surface area contributed by atoms with E-state index in [0.29, 0.717) is 17.6 Å². The van der Waals surface area contributed by atoms with E-state index in [-0.39, 0.29) is 0 Å². The molecule has 1 N–H and O–H groups in total. The summed E-state index contributed by atoms with van der Waals surface area (Å²) < 4.78 is 5.96. The third-order valence-electron chi connectivity index (χ3n) is 5.55. The lowest BCUT2D eigenvalue weighted by atomic mass is 9.55. The van der Waals surface area contributed by atoms with E-state index in [1.165, 1.54) is 58.3 Å². The number of rotatable bonds is 5. The van der Waals surface area contributed by atoms with E-state index in [9.17, 15) is 0 Å². The van der Waals surface area contributed by atoms with Crippen molar-refractivity contribution < 1.29 is 4.74 Å². The first-order chi connectivity index (χ1) is 9.19. The van der Waals surface area contributed by atoms with E-state index < -0.39 is 0 Å². The molecule has 3 fully saturated rings. The highest BCUT2D eigenvalue weighted by molar-refractivity contribution is 5.10. The van der Waals surface area contributed by atoms with E-state index in [0.717, 1.165) is 12.5 Å². The number of hydrogen-bond donors (Lipinski definition) is 1. The highest BCUT2D eigenvalue weighted by atomic mass is 16.5. The zero-order valence-electron chi connectivity index (χ0n) is 12.7. The summed E-state index contributed by atoms with van der Waals surface area (Å²) in [5, 5.41) is 3.83. The number of likely N-dealkylation sites (tertiary alicyclic amines) is 1. The molecule has 3 unspecified atom stereocenters. The van der Waals surface area contributed by atoms with Crippen LogP contribution in [-0.4, -0.2) is 49.8 Å². The maximum atomic E-state index is 5.96. The van der Waals surface area contributed by atoms with E-state index >= 15 is 0 Å². The molecule has 0 aromatic heterocycles. The standard InChI is InChI=1S/C16H30N2O/c1-16(2)14(13-7-5-12-19-15(13)16)17-8-6-11-18-9-3-4-10-18/h13-15,17H,3-12H2,1-2H3. The lowest BCUT2D eigenvalue weighted by molar-refractivity contribution is -0.192. The van der Waals surface area contributed by atoms with Crippen molar-refractivity contribution >= 4 is 0 Å². The van der Waals surface area contributed by atoms with Crippen LogP contribution in [0.1, 0.15) is 46.0 Å². The van der Waals surface area contributed by atoms with Gasteiger partial charge in [0.1, 0.15) is 0 Å². The van der Waals surface area contributed by atoms with Crippen LogP contribution in [0.2, 0.25) is 0 Å². The molecule has 3 atom stereocenters. The van der Waals surface area contributed by atoms with Gasteiger partial charge >= 0.3 is 0 Å². The zero-order chi connectivity index (χ0) is 13.3. The number of fused-ring (bicyclic) bond motifs is 1. The third kappa shape index (κ3) is 2.70. The first-order valence-electron chi connectivity index (χ1n) is 8.27. The molecule has 1 saturated carbocycles. The number of nitrogens with one attached hydrogen (secondary N) is 1. The Labute approximate surface area is 118 Å². The molecule has 2 heterocycles. The second-order valence-corrected chi connectivity index (χ2v) is 7.25. The summed E-state index contributed by atoms with van der Waals surface area (Å²) in [6.07, 6.45) is 7.23. The second-order valence-electron chi connectivity index (χ2n) is 7.25.